The number of rotatable bonds is 8. The molecule has 0 spiro atoms. The van der Waals surface area contributed by atoms with E-state index in [2.05, 4.69) is 5.32 Å². The van der Waals surface area contributed by atoms with Gasteiger partial charge in [-0.25, -0.2) is 0 Å². The van der Waals surface area contributed by atoms with Gasteiger partial charge in [0.1, 0.15) is 18.4 Å². The van der Waals surface area contributed by atoms with Crippen LogP contribution in [-0.2, 0) is 20.9 Å². The molecule has 0 saturated carbocycles. The Balaban J connectivity index is 1.53. The average molecular weight is 415 g/mol. The van der Waals surface area contributed by atoms with Crippen molar-refractivity contribution in [3.05, 3.63) is 60.2 Å². The molecule has 2 aromatic carbocycles. The molecule has 0 aromatic heterocycles. The van der Waals surface area contributed by atoms with Crippen LogP contribution in [0.5, 0.6) is 5.75 Å². The van der Waals surface area contributed by atoms with Gasteiger partial charge in [-0.3, -0.25) is 9.59 Å². The minimum Gasteiger partial charge on any atom is -0.489 e. The van der Waals surface area contributed by atoms with E-state index in [9.17, 15) is 9.59 Å². The Morgan fingerprint density at radius 2 is 1.79 bits per heavy atom. The van der Waals surface area contributed by atoms with Crippen molar-refractivity contribution >= 4 is 23.6 Å². The number of nitrogens with zero attached hydrogens (tertiary/aromatic N) is 1. The Labute approximate surface area is 175 Å². The summed E-state index contributed by atoms with van der Waals surface area (Å²) in [4.78, 5) is 27.1. The fraction of sp³-hybridized carbons (Fsp3) is 0.364. The molecule has 2 amide bonds. The first-order valence-corrected chi connectivity index (χ1v) is 10.6. The van der Waals surface area contributed by atoms with Crippen molar-refractivity contribution in [2.45, 2.75) is 24.5 Å². The highest BCUT2D eigenvalue weighted by Gasteiger charge is 2.26. The highest BCUT2D eigenvalue weighted by molar-refractivity contribution is 7.99. The second-order valence-corrected chi connectivity index (χ2v) is 7.84. The lowest BCUT2D eigenvalue weighted by Gasteiger charge is -2.30. The molecule has 3 rings (SSSR count). The molecule has 1 heterocycles. The van der Waals surface area contributed by atoms with Gasteiger partial charge < -0.3 is 19.7 Å². The van der Waals surface area contributed by atoms with Crippen molar-refractivity contribution in [1.82, 2.24) is 10.2 Å². The Bertz CT molecular complexity index is 792. The van der Waals surface area contributed by atoms with Gasteiger partial charge in [-0.05, 0) is 29.8 Å². The van der Waals surface area contributed by atoms with Crippen LogP contribution in [0.4, 0.5) is 0 Å². The van der Waals surface area contributed by atoms with Gasteiger partial charge in [-0.2, -0.15) is 0 Å². The second-order valence-electron chi connectivity index (χ2n) is 6.75. The van der Waals surface area contributed by atoms with Crippen LogP contribution in [0.3, 0.4) is 0 Å². The summed E-state index contributed by atoms with van der Waals surface area (Å²) in [7, 11) is 0. The molecular formula is C22H26N2O4S. The first-order chi connectivity index (χ1) is 14.1. The zero-order valence-electron chi connectivity index (χ0n) is 16.5. The highest BCUT2D eigenvalue weighted by atomic mass is 32.2. The smallest absolute Gasteiger partial charge is 0.246 e. The summed E-state index contributed by atoms with van der Waals surface area (Å²) in [6, 6.07) is 17.2. The van der Waals surface area contributed by atoms with Crippen LogP contribution in [0.25, 0.3) is 0 Å². The van der Waals surface area contributed by atoms with E-state index >= 15 is 0 Å². The maximum absolute atomic E-state index is 12.8. The molecule has 29 heavy (non-hydrogen) atoms. The number of ether oxygens (including phenoxy) is 2. The van der Waals surface area contributed by atoms with Gasteiger partial charge in [0.15, 0.2) is 0 Å². The predicted octanol–water partition coefficient (Wildman–Crippen LogP) is 2.72. The minimum absolute atomic E-state index is 0.0567. The van der Waals surface area contributed by atoms with E-state index in [0.717, 1.165) is 16.2 Å². The van der Waals surface area contributed by atoms with E-state index in [1.807, 2.05) is 54.6 Å². The van der Waals surface area contributed by atoms with E-state index in [4.69, 9.17) is 9.47 Å². The van der Waals surface area contributed by atoms with Gasteiger partial charge in [0, 0.05) is 30.7 Å². The van der Waals surface area contributed by atoms with Gasteiger partial charge in [-0.15, -0.1) is 11.8 Å². The molecule has 0 bridgehead atoms. The summed E-state index contributed by atoms with van der Waals surface area (Å²) in [5, 5.41) is 2.78. The van der Waals surface area contributed by atoms with Crippen LogP contribution in [-0.4, -0.2) is 54.8 Å². The molecular weight excluding hydrogens is 388 g/mol. The largest absolute Gasteiger partial charge is 0.489 e. The molecule has 0 radical (unpaired) electrons. The number of nitrogens with one attached hydrogen (secondary N) is 1. The molecule has 7 heteroatoms. The molecule has 6 nitrogen and oxygen atoms in total. The number of morpholine rings is 1. The van der Waals surface area contributed by atoms with Crippen molar-refractivity contribution in [1.29, 1.82) is 0 Å². The summed E-state index contributed by atoms with van der Waals surface area (Å²) in [5.74, 6) is 1.00. The number of hydrogen-bond donors (Lipinski definition) is 1. The lowest BCUT2D eigenvalue weighted by atomic mass is 10.2. The van der Waals surface area contributed by atoms with Crippen molar-refractivity contribution in [3.8, 4) is 5.75 Å². The zero-order valence-corrected chi connectivity index (χ0v) is 17.3. The van der Waals surface area contributed by atoms with E-state index in [-0.39, 0.29) is 11.8 Å². The topological polar surface area (TPSA) is 67.9 Å². The van der Waals surface area contributed by atoms with Gasteiger partial charge in [0.05, 0.1) is 13.2 Å². The van der Waals surface area contributed by atoms with Crippen LogP contribution in [0, 0.1) is 0 Å². The Kier molecular flexibility index (Phi) is 7.95. The summed E-state index contributed by atoms with van der Waals surface area (Å²) >= 11 is 1.54. The maximum Gasteiger partial charge on any atom is 0.246 e. The fourth-order valence-electron chi connectivity index (χ4n) is 2.98. The van der Waals surface area contributed by atoms with Gasteiger partial charge in [-0.1, -0.05) is 30.3 Å². The average Bonchev–Trinajstić information content (AvgIpc) is 2.76. The third kappa shape index (κ3) is 6.80. The number of carbonyl (C=O) groups excluding carboxylic acids is 2. The van der Waals surface area contributed by atoms with Crippen LogP contribution in [0.15, 0.2) is 59.5 Å². The Morgan fingerprint density at radius 1 is 1.10 bits per heavy atom. The van der Waals surface area contributed by atoms with Crippen LogP contribution >= 0.6 is 11.8 Å². The quantitative estimate of drug-likeness (QED) is 0.673. The molecule has 1 aliphatic heterocycles. The Morgan fingerprint density at radius 3 is 2.45 bits per heavy atom. The van der Waals surface area contributed by atoms with Crippen molar-refractivity contribution in [2.24, 2.45) is 0 Å². The van der Waals surface area contributed by atoms with E-state index in [1.165, 1.54) is 18.7 Å². The molecule has 1 unspecified atom stereocenters. The van der Waals surface area contributed by atoms with E-state index < -0.39 is 6.04 Å². The lowest BCUT2D eigenvalue weighted by Crippen LogP contribution is -2.52. The summed E-state index contributed by atoms with van der Waals surface area (Å²) in [5.41, 5.74) is 1.12. The predicted molar refractivity (Wildman–Crippen MR) is 113 cm³/mol. The molecule has 1 atom stereocenters. The molecule has 0 aliphatic carbocycles. The monoisotopic (exact) mass is 414 g/mol. The van der Waals surface area contributed by atoms with Crippen molar-refractivity contribution in [3.63, 3.8) is 0 Å². The van der Waals surface area contributed by atoms with Crippen molar-refractivity contribution < 1.29 is 19.1 Å². The van der Waals surface area contributed by atoms with E-state index in [1.54, 1.807) is 4.90 Å². The van der Waals surface area contributed by atoms with Crippen LogP contribution in [0.2, 0.25) is 0 Å². The summed E-state index contributed by atoms with van der Waals surface area (Å²) in [6.45, 7) is 4.15. The maximum atomic E-state index is 12.8. The number of thioether (sulfide) groups is 1. The molecule has 1 fully saturated rings. The SMILES string of the molecule is CC(=O)NC(CSc1ccc(OCc2ccccc2)cc1)C(=O)N1CCOCC1. The fourth-order valence-corrected chi connectivity index (χ4v) is 3.89. The van der Waals surface area contributed by atoms with Crippen LogP contribution < -0.4 is 10.1 Å². The zero-order chi connectivity index (χ0) is 20.5. The third-order valence-corrected chi connectivity index (χ3v) is 5.59. The number of carbonyl (C=O) groups is 2. The van der Waals surface area contributed by atoms with Crippen LogP contribution in [0.1, 0.15) is 12.5 Å². The first-order valence-electron chi connectivity index (χ1n) is 9.65. The standard InChI is InChI=1S/C22H26N2O4S/c1-17(25)23-21(22(26)24-11-13-27-14-12-24)16-29-20-9-7-19(8-10-20)28-15-18-5-3-2-4-6-18/h2-10,21H,11-16H2,1H3,(H,23,25). The normalized spacial score (nSPS) is 14.9. The number of amides is 2. The van der Waals surface area contributed by atoms with Gasteiger partial charge in [0.2, 0.25) is 11.8 Å². The third-order valence-electron chi connectivity index (χ3n) is 4.49. The molecule has 2 aromatic rings. The van der Waals surface area contributed by atoms with Crippen molar-refractivity contribution in [2.75, 3.05) is 32.1 Å². The molecule has 1 N–H and O–H groups in total. The molecule has 1 aliphatic rings. The number of benzene rings is 2. The minimum atomic E-state index is -0.551. The summed E-state index contributed by atoms with van der Waals surface area (Å²) in [6.07, 6.45) is 0. The van der Waals surface area contributed by atoms with E-state index in [0.29, 0.717) is 38.7 Å². The first kappa shape index (κ1) is 21.2. The molecule has 154 valence electrons. The Hall–Kier alpha value is -2.51. The molecule has 1 saturated heterocycles. The second kappa shape index (κ2) is 10.9. The highest BCUT2D eigenvalue weighted by Crippen LogP contribution is 2.23. The van der Waals surface area contributed by atoms with Gasteiger partial charge in [0.25, 0.3) is 0 Å². The summed E-state index contributed by atoms with van der Waals surface area (Å²) < 4.78 is 11.1. The lowest BCUT2D eigenvalue weighted by molar-refractivity contribution is -0.138. The number of hydrogen-bond acceptors (Lipinski definition) is 5. The van der Waals surface area contributed by atoms with Gasteiger partial charge >= 0.3 is 0 Å².